The van der Waals surface area contributed by atoms with Crippen molar-refractivity contribution in [1.29, 1.82) is 0 Å². The van der Waals surface area contributed by atoms with Crippen molar-refractivity contribution in [3.8, 4) is 0 Å². The van der Waals surface area contributed by atoms with Crippen LogP contribution in [0.2, 0.25) is 0 Å². The summed E-state index contributed by atoms with van der Waals surface area (Å²) in [6.07, 6.45) is 9.55. The maximum absolute atomic E-state index is 10.9. The minimum atomic E-state index is -0.0751. The summed E-state index contributed by atoms with van der Waals surface area (Å²) in [5.41, 5.74) is 0.0275. The first-order chi connectivity index (χ1) is 9.76. The number of hydrogen-bond donors (Lipinski definition) is 1. The van der Waals surface area contributed by atoms with Gasteiger partial charge in [0.15, 0.2) is 0 Å². The van der Waals surface area contributed by atoms with Crippen molar-refractivity contribution < 1.29 is 14.6 Å². The van der Waals surface area contributed by atoms with Crippen LogP contribution in [0.15, 0.2) is 0 Å². The number of aliphatic hydroxyl groups is 1. The lowest BCUT2D eigenvalue weighted by molar-refractivity contribution is -0.164. The molecule has 2 saturated carbocycles. The zero-order valence-electron chi connectivity index (χ0n) is 12.4. The van der Waals surface area contributed by atoms with Crippen LogP contribution in [0, 0.1) is 23.7 Å². The van der Waals surface area contributed by atoms with Crippen molar-refractivity contribution in [3.63, 3.8) is 0 Å². The molecule has 0 aromatic carbocycles. The third kappa shape index (κ3) is 2.32. The molecule has 4 fully saturated rings. The summed E-state index contributed by atoms with van der Waals surface area (Å²) in [5.74, 6) is 2.81. The van der Waals surface area contributed by atoms with E-state index in [1.807, 2.05) is 0 Å². The summed E-state index contributed by atoms with van der Waals surface area (Å²) in [4.78, 5) is 0. The van der Waals surface area contributed by atoms with Crippen LogP contribution in [0.25, 0.3) is 0 Å². The molecule has 3 nitrogen and oxygen atoms in total. The maximum Gasteiger partial charge on any atom is 0.0730 e. The van der Waals surface area contributed by atoms with Crippen molar-refractivity contribution in [2.75, 3.05) is 19.8 Å². The molecular formula is C17H28O3. The molecule has 20 heavy (non-hydrogen) atoms. The Morgan fingerprint density at radius 3 is 2.55 bits per heavy atom. The van der Waals surface area contributed by atoms with Gasteiger partial charge in [0.1, 0.15) is 0 Å². The second-order valence-electron chi connectivity index (χ2n) is 7.73. The van der Waals surface area contributed by atoms with Gasteiger partial charge in [0.25, 0.3) is 0 Å². The number of fused-ring (bicyclic) bond motifs is 2. The van der Waals surface area contributed by atoms with Crippen molar-refractivity contribution in [2.24, 2.45) is 23.7 Å². The van der Waals surface area contributed by atoms with Crippen molar-refractivity contribution in [2.45, 2.75) is 63.1 Å². The quantitative estimate of drug-likeness (QED) is 0.845. The highest BCUT2D eigenvalue weighted by Crippen LogP contribution is 2.52. The van der Waals surface area contributed by atoms with E-state index in [-0.39, 0.29) is 11.7 Å². The van der Waals surface area contributed by atoms with Gasteiger partial charge in [0.2, 0.25) is 0 Å². The molecule has 1 N–H and O–H groups in total. The summed E-state index contributed by atoms with van der Waals surface area (Å²) in [5, 5.41) is 10.9. The Balaban J connectivity index is 1.42. The van der Waals surface area contributed by atoms with E-state index in [0.717, 1.165) is 57.3 Å². The highest BCUT2D eigenvalue weighted by molar-refractivity contribution is 4.98. The van der Waals surface area contributed by atoms with Gasteiger partial charge in [-0.2, -0.15) is 0 Å². The first-order valence-corrected chi connectivity index (χ1v) is 8.65. The maximum atomic E-state index is 10.9. The second-order valence-corrected chi connectivity index (χ2v) is 7.73. The molecular weight excluding hydrogens is 252 g/mol. The molecule has 3 heteroatoms. The third-order valence-electron chi connectivity index (χ3n) is 6.65. The molecule has 0 aromatic rings. The molecule has 4 rings (SSSR count). The minimum absolute atomic E-state index is 0.0275. The molecule has 0 radical (unpaired) electrons. The topological polar surface area (TPSA) is 38.7 Å². The van der Waals surface area contributed by atoms with Gasteiger partial charge in [-0.25, -0.2) is 0 Å². The van der Waals surface area contributed by atoms with E-state index in [0.29, 0.717) is 11.8 Å². The molecule has 2 heterocycles. The SMILES string of the molecule is OC(C1CCOC2(CCOCC2)C1)C1CC2CCC1C2. The molecule has 1 spiro atoms. The summed E-state index contributed by atoms with van der Waals surface area (Å²) < 4.78 is 11.6. The van der Waals surface area contributed by atoms with Gasteiger partial charge in [0.05, 0.1) is 11.7 Å². The zero-order chi connectivity index (χ0) is 13.6. The molecule has 2 aliphatic heterocycles. The lowest BCUT2D eigenvalue weighted by Crippen LogP contribution is -2.48. The van der Waals surface area contributed by atoms with Crippen LogP contribution in [0.1, 0.15) is 51.4 Å². The van der Waals surface area contributed by atoms with Crippen LogP contribution < -0.4 is 0 Å². The van der Waals surface area contributed by atoms with Gasteiger partial charge in [0, 0.05) is 19.8 Å². The fourth-order valence-electron chi connectivity index (χ4n) is 5.51. The number of hydrogen-bond acceptors (Lipinski definition) is 3. The van der Waals surface area contributed by atoms with Gasteiger partial charge in [-0.15, -0.1) is 0 Å². The fourth-order valence-corrected chi connectivity index (χ4v) is 5.51. The Labute approximate surface area is 122 Å². The molecule has 5 atom stereocenters. The van der Waals surface area contributed by atoms with Crippen LogP contribution in [-0.4, -0.2) is 36.6 Å². The zero-order valence-corrected chi connectivity index (χ0v) is 12.4. The fraction of sp³-hybridized carbons (Fsp3) is 1.00. The number of rotatable bonds is 2. The van der Waals surface area contributed by atoms with E-state index in [1.165, 1.54) is 25.7 Å². The van der Waals surface area contributed by atoms with E-state index in [1.54, 1.807) is 0 Å². The molecule has 2 saturated heterocycles. The Morgan fingerprint density at radius 1 is 1.00 bits per heavy atom. The van der Waals surface area contributed by atoms with E-state index in [2.05, 4.69) is 0 Å². The largest absolute Gasteiger partial charge is 0.393 e. The Morgan fingerprint density at radius 2 is 1.85 bits per heavy atom. The van der Waals surface area contributed by atoms with Crippen molar-refractivity contribution in [1.82, 2.24) is 0 Å². The predicted molar refractivity (Wildman–Crippen MR) is 76.4 cm³/mol. The molecule has 0 aromatic heterocycles. The predicted octanol–water partition coefficient (Wildman–Crippen LogP) is 2.76. The standard InChI is InChI=1S/C17H28O3/c18-16(15-10-12-1-2-13(15)9-12)14-3-6-20-17(11-14)4-7-19-8-5-17/h12-16,18H,1-11H2. The van der Waals surface area contributed by atoms with Gasteiger partial charge in [-0.05, 0) is 68.6 Å². The lowest BCUT2D eigenvalue weighted by Gasteiger charge is -2.46. The first-order valence-electron chi connectivity index (χ1n) is 8.65. The summed E-state index contributed by atoms with van der Waals surface area (Å²) in [7, 11) is 0. The average molecular weight is 280 g/mol. The molecule has 5 unspecified atom stereocenters. The third-order valence-corrected chi connectivity index (χ3v) is 6.65. The van der Waals surface area contributed by atoms with Gasteiger partial charge in [-0.3, -0.25) is 0 Å². The Bertz CT molecular complexity index is 345. The van der Waals surface area contributed by atoms with E-state index in [9.17, 15) is 5.11 Å². The summed E-state index contributed by atoms with van der Waals surface area (Å²) in [6.45, 7) is 2.50. The van der Waals surface area contributed by atoms with Crippen LogP contribution in [0.4, 0.5) is 0 Å². The molecule has 4 aliphatic rings. The van der Waals surface area contributed by atoms with Gasteiger partial charge >= 0.3 is 0 Å². The number of aliphatic hydroxyl groups excluding tert-OH is 1. The van der Waals surface area contributed by atoms with Crippen LogP contribution >= 0.6 is 0 Å². The van der Waals surface area contributed by atoms with Crippen molar-refractivity contribution >= 4 is 0 Å². The summed E-state index contributed by atoms with van der Waals surface area (Å²) >= 11 is 0. The van der Waals surface area contributed by atoms with Crippen LogP contribution in [-0.2, 0) is 9.47 Å². The molecule has 2 bridgehead atoms. The van der Waals surface area contributed by atoms with Gasteiger partial charge in [-0.1, -0.05) is 6.42 Å². The van der Waals surface area contributed by atoms with E-state index in [4.69, 9.17) is 9.47 Å². The normalized spacial score (nSPS) is 44.9. The van der Waals surface area contributed by atoms with E-state index < -0.39 is 0 Å². The number of ether oxygens (including phenoxy) is 2. The summed E-state index contributed by atoms with van der Waals surface area (Å²) in [6, 6.07) is 0. The highest BCUT2D eigenvalue weighted by Gasteiger charge is 2.47. The Kier molecular flexibility index (Phi) is 3.56. The molecule has 114 valence electrons. The first kappa shape index (κ1) is 13.5. The average Bonchev–Trinajstić information content (AvgIpc) is 3.10. The smallest absolute Gasteiger partial charge is 0.0730 e. The van der Waals surface area contributed by atoms with E-state index >= 15 is 0 Å². The minimum Gasteiger partial charge on any atom is -0.393 e. The highest BCUT2D eigenvalue weighted by atomic mass is 16.5. The van der Waals surface area contributed by atoms with Crippen LogP contribution in [0.5, 0.6) is 0 Å². The Hall–Kier alpha value is -0.120. The second kappa shape index (κ2) is 5.26. The molecule has 0 amide bonds. The van der Waals surface area contributed by atoms with Gasteiger partial charge < -0.3 is 14.6 Å². The monoisotopic (exact) mass is 280 g/mol. The lowest BCUT2D eigenvalue weighted by atomic mass is 9.72. The molecule has 2 aliphatic carbocycles. The van der Waals surface area contributed by atoms with Crippen molar-refractivity contribution in [3.05, 3.63) is 0 Å². The van der Waals surface area contributed by atoms with Crippen LogP contribution in [0.3, 0.4) is 0 Å².